The number of nitrogens with zero attached hydrogens (tertiary/aromatic N) is 3. The Hall–Kier alpha value is -1.32. The van der Waals surface area contributed by atoms with Crippen LogP contribution in [0, 0.1) is 0 Å². The molecule has 0 atom stereocenters. The topological polar surface area (TPSA) is 84.3 Å². The molecule has 2 aromatic rings. The van der Waals surface area contributed by atoms with E-state index in [0.29, 0.717) is 24.5 Å². The van der Waals surface area contributed by atoms with Crippen LogP contribution in [0.4, 0.5) is 0 Å². The minimum atomic E-state index is -3.80. The van der Waals surface area contributed by atoms with Crippen molar-refractivity contribution in [1.29, 1.82) is 0 Å². The highest BCUT2D eigenvalue weighted by atomic mass is 35.5. The lowest BCUT2D eigenvalue weighted by atomic mass is 10.2. The Labute approximate surface area is 166 Å². The number of sulfonamides is 1. The van der Waals surface area contributed by atoms with Gasteiger partial charge in [-0.25, -0.2) is 12.7 Å². The van der Waals surface area contributed by atoms with Gasteiger partial charge in [0.15, 0.2) is 0 Å². The number of rotatable bonds is 7. The molecule has 2 rings (SSSR count). The van der Waals surface area contributed by atoms with E-state index in [2.05, 4.69) is 10.4 Å². The first-order valence-electron chi connectivity index (χ1n) is 7.50. The fraction of sp³-hybridized carbons (Fsp3) is 0.333. The predicted molar refractivity (Wildman–Crippen MR) is 102 cm³/mol. The molecule has 142 valence electrons. The molecular weight excluding hydrogens is 423 g/mol. The molecule has 0 unspecified atom stereocenters. The minimum Gasteiger partial charge on any atom is -0.352 e. The quantitative estimate of drug-likeness (QED) is 0.672. The van der Waals surface area contributed by atoms with Crippen molar-refractivity contribution in [3.63, 3.8) is 0 Å². The second-order valence-corrected chi connectivity index (χ2v) is 8.95. The van der Waals surface area contributed by atoms with Crippen LogP contribution in [-0.2, 0) is 16.6 Å². The Morgan fingerprint density at radius 3 is 2.50 bits per heavy atom. The number of hydrogen-bond acceptors (Lipinski definition) is 4. The average molecular weight is 440 g/mol. The van der Waals surface area contributed by atoms with Gasteiger partial charge in [-0.1, -0.05) is 34.8 Å². The number of hydrogen-bond donors (Lipinski definition) is 1. The van der Waals surface area contributed by atoms with Crippen molar-refractivity contribution in [1.82, 2.24) is 19.4 Å². The first kappa shape index (κ1) is 21.0. The highest BCUT2D eigenvalue weighted by Crippen LogP contribution is 2.30. The van der Waals surface area contributed by atoms with Crippen molar-refractivity contribution in [3.8, 4) is 0 Å². The summed E-state index contributed by atoms with van der Waals surface area (Å²) in [6.07, 6.45) is 3.82. The van der Waals surface area contributed by atoms with Crippen molar-refractivity contribution >= 4 is 50.7 Å². The maximum Gasteiger partial charge on any atom is 0.252 e. The van der Waals surface area contributed by atoms with Gasteiger partial charge in [0.05, 0.1) is 26.8 Å². The summed E-state index contributed by atoms with van der Waals surface area (Å²) in [5.41, 5.74) is 0.0404. The monoisotopic (exact) mass is 438 g/mol. The van der Waals surface area contributed by atoms with E-state index in [9.17, 15) is 13.2 Å². The van der Waals surface area contributed by atoms with E-state index in [1.165, 1.54) is 32.4 Å². The Morgan fingerprint density at radius 2 is 1.92 bits per heavy atom. The van der Waals surface area contributed by atoms with Crippen molar-refractivity contribution in [2.75, 3.05) is 20.6 Å². The third kappa shape index (κ3) is 4.89. The molecule has 0 spiro atoms. The molecule has 1 heterocycles. The van der Waals surface area contributed by atoms with Gasteiger partial charge in [-0.05, 0) is 18.6 Å². The van der Waals surface area contributed by atoms with Gasteiger partial charge in [0.1, 0.15) is 4.90 Å². The second kappa shape index (κ2) is 8.58. The summed E-state index contributed by atoms with van der Waals surface area (Å²) in [5, 5.41) is 7.30. The molecule has 26 heavy (non-hydrogen) atoms. The van der Waals surface area contributed by atoms with Crippen LogP contribution in [0.2, 0.25) is 15.1 Å². The van der Waals surface area contributed by atoms with Crippen molar-refractivity contribution in [2.24, 2.45) is 0 Å². The van der Waals surface area contributed by atoms with Crippen molar-refractivity contribution < 1.29 is 13.2 Å². The zero-order valence-corrected chi connectivity index (χ0v) is 17.1. The molecule has 1 amide bonds. The van der Waals surface area contributed by atoms with Gasteiger partial charge in [-0.15, -0.1) is 0 Å². The zero-order valence-electron chi connectivity index (χ0n) is 14.0. The van der Waals surface area contributed by atoms with E-state index in [1.807, 2.05) is 0 Å². The first-order valence-corrected chi connectivity index (χ1v) is 10.1. The number of carbonyl (C=O) groups is 1. The van der Waals surface area contributed by atoms with E-state index in [-0.39, 0.29) is 20.5 Å². The van der Waals surface area contributed by atoms with E-state index in [0.717, 1.165) is 4.31 Å². The normalized spacial score (nSPS) is 11.8. The molecule has 1 aromatic heterocycles. The Morgan fingerprint density at radius 1 is 1.23 bits per heavy atom. The number of amides is 1. The van der Waals surface area contributed by atoms with Crippen LogP contribution < -0.4 is 5.32 Å². The maximum absolute atomic E-state index is 12.4. The van der Waals surface area contributed by atoms with Gasteiger partial charge < -0.3 is 5.32 Å². The smallest absolute Gasteiger partial charge is 0.252 e. The second-order valence-electron chi connectivity index (χ2n) is 5.58. The molecule has 11 heteroatoms. The number of nitrogens with one attached hydrogen (secondary N) is 1. The maximum atomic E-state index is 12.4. The fourth-order valence-corrected chi connectivity index (χ4v) is 3.98. The summed E-state index contributed by atoms with van der Waals surface area (Å²) in [6.45, 7) is 0.923. The summed E-state index contributed by atoms with van der Waals surface area (Å²) in [4.78, 5) is 12.2. The van der Waals surface area contributed by atoms with E-state index in [1.54, 1.807) is 10.9 Å². The van der Waals surface area contributed by atoms with Gasteiger partial charge in [-0.3, -0.25) is 9.48 Å². The molecule has 0 bridgehead atoms. The molecule has 0 aliphatic rings. The molecule has 0 radical (unpaired) electrons. The van der Waals surface area contributed by atoms with Crippen LogP contribution in [-0.4, -0.2) is 49.1 Å². The van der Waals surface area contributed by atoms with Gasteiger partial charge in [0, 0.05) is 33.4 Å². The molecule has 0 saturated carbocycles. The molecule has 7 nitrogen and oxygen atoms in total. The summed E-state index contributed by atoms with van der Waals surface area (Å²) in [5.74, 6) is -0.486. The molecule has 0 saturated heterocycles. The largest absolute Gasteiger partial charge is 0.352 e. The Balaban J connectivity index is 2.08. The van der Waals surface area contributed by atoms with Gasteiger partial charge in [0.2, 0.25) is 10.0 Å². The van der Waals surface area contributed by atoms with Crippen molar-refractivity contribution in [3.05, 3.63) is 45.2 Å². The van der Waals surface area contributed by atoms with Crippen LogP contribution in [0.3, 0.4) is 0 Å². The summed E-state index contributed by atoms with van der Waals surface area (Å²) < 4.78 is 27.3. The molecule has 1 N–H and O–H groups in total. The van der Waals surface area contributed by atoms with Gasteiger partial charge in [0.25, 0.3) is 5.91 Å². The molecule has 0 aliphatic heterocycles. The zero-order chi connectivity index (χ0) is 19.5. The molecule has 0 fully saturated rings. The molecule has 1 aromatic carbocycles. The average Bonchev–Trinajstić information content (AvgIpc) is 2.96. The van der Waals surface area contributed by atoms with Crippen LogP contribution in [0.25, 0.3) is 0 Å². The van der Waals surface area contributed by atoms with E-state index < -0.39 is 15.9 Å². The highest BCUT2D eigenvalue weighted by Gasteiger charge is 2.24. The summed E-state index contributed by atoms with van der Waals surface area (Å²) >= 11 is 17.8. The number of halogens is 3. The van der Waals surface area contributed by atoms with E-state index in [4.69, 9.17) is 34.8 Å². The van der Waals surface area contributed by atoms with Gasteiger partial charge in [-0.2, -0.15) is 5.10 Å². The van der Waals surface area contributed by atoms with Crippen LogP contribution in [0.5, 0.6) is 0 Å². The summed E-state index contributed by atoms with van der Waals surface area (Å²) in [7, 11) is -1.05. The lowest BCUT2D eigenvalue weighted by molar-refractivity contribution is 0.0952. The van der Waals surface area contributed by atoms with Crippen LogP contribution >= 0.6 is 34.8 Å². The van der Waals surface area contributed by atoms with Crippen LogP contribution in [0.15, 0.2) is 29.4 Å². The van der Waals surface area contributed by atoms with Crippen molar-refractivity contribution in [2.45, 2.75) is 17.9 Å². The lowest BCUT2D eigenvalue weighted by Gasteiger charge is -2.15. The van der Waals surface area contributed by atoms with Gasteiger partial charge >= 0.3 is 0 Å². The van der Waals surface area contributed by atoms with Crippen LogP contribution in [0.1, 0.15) is 16.8 Å². The SMILES string of the molecule is CN(C)S(=O)(=O)c1cc(C(=O)NCCCn2cc(Cl)cn2)c(Cl)cc1Cl. The predicted octanol–water partition coefficient (Wildman–Crippen LogP) is 2.91. The standard InChI is InChI=1S/C15H17Cl3N4O3S/c1-21(2)26(24,25)14-6-11(12(17)7-13(14)18)15(23)19-4-3-5-22-9-10(16)8-20-22/h6-9H,3-5H2,1-2H3,(H,19,23). The number of benzene rings is 1. The molecular formula is C15H17Cl3N4O3S. The number of aromatic nitrogens is 2. The summed E-state index contributed by atoms with van der Waals surface area (Å²) in [6, 6.07) is 2.43. The Kier molecular flexibility index (Phi) is 6.92. The highest BCUT2D eigenvalue weighted by molar-refractivity contribution is 7.89. The first-order chi connectivity index (χ1) is 12.1. The fourth-order valence-electron chi connectivity index (χ4n) is 2.10. The Bertz CT molecular complexity index is 913. The number of carbonyl (C=O) groups excluding carboxylic acids is 1. The molecule has 0 aliphatic carbocycles. The van der Waals surface area contributed by atoms with E-state index >= 15 is 0 Å². The number of aryl methyl sites for hydroxylation is 1. The lowest BCUT2D eigenvalue weighted by Crippen LogP contribution is -2.27. The third-order valence-corrected chi connectivity index (χ3v) is 6.26. The third-order valence-electron chi connectivity index (χ3n) is 3.48. The minimum absolute atomic E-state index is 0.0404.